The predicted molar refractivity (Wildman–Crippen MR) is 56.9 cm³/mol. The van der Waals surface area contributed by atoms with Crippen LogP contribution in [-0.4, -0.2) is 6.26 Å². The number of rotatable bonds is 3. The highest BCUT2D eigenvalue weighted by Gasteiger charge is 2.01. The molecule has 0 amide bonds. The average molecular weight is 180 g/mol. The van der Waals surface area contributed by atoms with Crippen LogP contribution in [0.3, 0.4) is 0 Å². The summed E-state index contributed by atoms with van der Waals surface area (Å²) in [7, 11) is 0. The van der Waals surface area contributed by atoms with E-state index in [4.69, 9.17) is 0 Å². The SMILES string of the molecule is CCC(C)c1ccc(SC)cc1. The third-order valence-electron chi connectivity index (χ3n) is 2.30. The summed E-state index contributed by atoms with van der Waals surface area (Å²) < 4.78 is 0. The van der Waals surface area contributed by atoms with Crippen LogP contribution in [0.1, 0.15) is 31.7 Å². The first-order valence-corrected chi connectivity index (χ1v) is 5.64. The molecule has 0 aliphatic heterocycles. The van der Waals surface area contributed by atoms with Crippen molar-refractivity contribution in [3.63, 3.8) is 0 Å². The Hall–Kier alpha value is -0.430. The van der Waals surface area contributed by atoms with E-state index in [9.17, 15) is 0 Å². The second kappa shape index (κ2) is 4.56. The molecule has 0 aliphatic rings. The molecular formula is C11H16S. The Morgan fingerprint density at radius 1 is 1.25 bits per heavy atom. The molecular weight excluding hydrogens is 164 g/mol. The predicted octanol–water partition coefficient (Wildman–Crippen LogP) is 3.92. The summed E-state index contributed by atoms with van der Waals surface area (Å²) >= 11 is 1.80. The number of thioether (sulfide) groups is 1. The maximum Gasteiger partial charge on any atom is 0.00693 e. The van der Waals surface area contributed by atoms with E-state index in [1.165, 1.54) is 16.9 Å². The minimum absolute atomic E-state index is 0.695. The number of hydrogen-bond acceptors (Lipinski definition) is 1. The lowest BCUT2D eigenvalue weighted by atomic mass is 9.99. The molecule has 0 radical (unpaired) electrons. The Labute approximate surface area is 79.4 Å². The number of benzene rings is 1. The van der Waals surface area contributed by atoms with Crippen molar-refractivity contribution < 1.29 is 0 Å². The van der Waals surface area contributed by atoms with E-state index in [2.05, 4.69) is 44.4 Å². The molecule has 0 nitrogen and oxygen atoms in total. The van der Waals surface area contributed by atoms with Gasteiger partial charge in [-0.05, 0) is 36.3 Å². The van der Waals surface area contributed by atoms with Crippen LogP contribution < -0.4 is 0 Å². The van der Waals surface area contributed by atoms with Gasteiger partial charge in [0, 0.05) is 4.90 Å². The molecule has 0 N–H and O–H groups in total. The van der Waals surface area contributed by atoms with Crippen molar-refractivity contribution in [2.75, 3.05) is 6.26 Å². The van der Waals surface area contributed by atoms with Crippen molar-refractivity contribution >= 4 is 11.8 Å². The Morgan fingerprint density at radius 3 is 2.25 bits per heavy atom. The molecule has 1 unspecified atom stereocenters. The van der Waals surface area contributed by atoms with E-state index in [-0.39, 0.29) is 0 Å². The summed E-state index contributed by atoms with van der Waals surface area (Å²) in [5.74, 6) is 0.695. The summed E-state index contributed by atoms with van der Waals surface area (Å²) in [5.41, 5.74) is 1.45. The smallest absolute Gasteiger partial charge is 0.00693 e. The first-order chi connectivity index (χ1) is 5.77. The fourth-order valence-electron chi connectivity index (χ4n) is 1.17. The molecule has 1 heteroatoms. The van der Waals surface area contributed by atoms with Crippen LogP contribution >= 0.6 is 11.8 Å². The number of hydrogen-bond donors (Lipinski definition) is 0. The van der Waals surface area contributed by atoms with Crippen LogP contribution in [0, 0.1) is 0 Å². The van der Waals surface area contributed by atoms with Gasteiger partial charge in [-0.15, -0.1) is 11.8 Å². The molecule has 0 spiro atoms. The first kappa shape index (κ1) is 9.66. The van der Waals surface area contributed by atoms with Crippen molar-refractivity contribution in [3.05, 3.63) is 29.8 Å². The summed E-state index contributed by atoms with van der Waals surface area (Å²) in [6, 6.07) is 8.87. The third-order valence-corrected chi connectivity index (χ3v) is 3.04. The molecule has 0 saturated heterocycles. The normalized spacial score (nSPS) is 12.9. The monoisotopic (exact) mass is 180 g/mol. The van der Waals surface area contributed by atoms with Gasteiger partial charge in [0.25, 0.3) is 0 Å². The van der Waals surface area contributed by atoms with E-state index < -0.39 is 0 Å². The molecule has 0 bridgehead atoms. The molecule has 66 valence electrons. The van der Waals surface area contributed by atoms with Gasteiger partial charge in [0.05, 0.1) is 0 Å². The second-order valence-corrected chi connectivity index (χ2v) is 3.96. The Balaban J connectivity index is 2.77. The van der Waals surface area contributed by atoms with Gasteiger partial charge in [-0.2, -0.15) is 0 Å². The Morgan fingerprint density at radius 2 is 1.83 bits per heavy atom. The summed E-state index contributed by atoms with van der Waals surface area (Å²) in [6.07, 6.45) is 3.33. The van der Waals surface area contributed by atoms with Gasteiger partial charge in [-0.25, -0.2) is 0 Å². The Bertz CT molecular complexity index is 225. The van der Waals surface area contributed by atoms with Crippen LogP contribution in [0.25, 0.3) is 0 Å². The second-order valence-electron chi connectivity index (χ2n) is 3.08. The van der Waals surface area contributed by atoms with Gasteiger partial charge in [-0.3, -0.25) is 0 Å². The highest BCUT2D eigenvalue weighted by Crippen LogP contribution is 2.21. The maximum atomic E-state index is 2.27. The molecule has 12 heavy (non-hydrogen) atoms. The molecule has 0 fully saturated rings. The van der Waals surface area contributed by atoms with Gasteiger partial charge in [0.15, 0.2) is 0 Å². The quantitative estimate of drug-likeness (QED) is 0.635. The molecule has 1 atom stereocenters. The van der Waals surface area contributed by atoms with Crippen molar-refractivity contribution in [1.82, 2.24) is 0 Å². The Kier molecular flexibility index (Phi) is 3.67. The van der Waals surface area contributed by atoms with Crippen molar-refractivity contribution in [1.29, 1.82) is 0 Å². The van der Waals surface area contributed by atoms with Crippen LogP contribution in [-0.2, 0) is 0 Å². The lowest BCUT2D eigenvalue weighted by Crippen LogP contribution is -1.89. The summed E-state index contributed by atoms with van der Waals surface area (Å²) in [4.78, 5) is 1.35. The van der Waals surface area contributed by atoms with E-state index >= 15 is 0 Å². The molecule has 1 aromatic rings. The van der Waals surface area contributed by atoms with E-state index in [0.717, 1.165) is 0 Å². The lowest BCUT2D eigenvalue weighted by Gasteiger charge is -2.08. The zero-order valence-corrected chi connectivity index (χ0v) is 8.82. The van der Waals surface area contributed by atoms with Crippen LogP contribution in [0.15, 0.2) is 29.2 Å². The molecule has 1 rings (SSSR count). The first-order valence-electron chi connectivity index (χ1n) is 4.42. The summed E-state index contributed by atoms with van der Waals surface area (Å²) in [6.45, 7) is 4.50. The van der Waals surface area contributed by atoms with Crippen molar-refractivity contribution in [2.45, 2.75) is 31.1 Å². The van der Waals surface area contributed by atoms with Crippen molar-refractivity contribution in [3.8, 4) is 0 Å². The zero-order chi connectivity index (χ0) is 8.97. The van der Waals surface area contributed by atoms with Crippen LogP contribution in [0.2, 0.25) is 0 Å². The lowest BCUT2D eigenvalue weighted by molar-refractivity contribution is 0.733. The highest BCUT2D eigenvalue weighted by atomic mass is 32.2. The zero-order valence-electron chi connectivity index (χ0n) is 8.00. The van der Waals surface area contributed by atoms with Crippen LogP contribution in [0.5, 0.6) is 0 Å². The standard InChI is InChI=1S/C11H16S/c1-4-9(2)10-5-7-11(12-3)8-6-10/h5-9H,4H2,1-3H3. The molecule has 0 aliphatic carbocycles. The van der Waals surface area contributed by atoms with Gasteiger partial charge >= 0.3 is 0 Å². The molecule has 0 saturated carbocycles. The van der Waals surface area contributed by atoms with Gasteiger partial charge in [-0.1, -0.05) is 26.0 Å². The average Bonchev–Trinajstić information content (AvgIpc) is 2.17. The van der Waals surface area contributed by atoms with Crippen LogP contribution in [0.4, 0.5) is 0 Å². The maximum absolute atomic E-state index is 2.27. The van der Waals surface area contributed by atoms with E-state index in [0.29, 0.717) is 5.92 Å². The summed E-state index contributed by atoms with van der Waals surface area (Å²) in [5, 5.41) is 0. The third kappa shape index (κ3) is 2.28. The fraction of sp³-hybridized carbons (Fsp3) is 0.455. The molecule has 0 aromatic heterocycles. The van der Waals surface area contributed by atoms with Crippen molar-refractivity contribution in [2.24, 2.45) is 0 Å². The minimum Gasteiger partial charge on any atom is -0.130 e. The van der Waals surface area contributed by atoms with Gasteiger partial charge in [0.1, 0.15) is 0 Å². The van der Waals surface area contributed by atoms with E-state index in [1.807, 2.05) is 0 Å². The largest absolute Gasteiger partial charge is 0.130 e. The topological polar surface area (TPSA) is 0 Å². The highest BCUT2D eigenvalue weighted by molar-refractivity contribution is 7.98. The fourth-order valence-corrected chi connectivity index (χ4v) is 1.58. The molecule has 1 aromatic carbocycles. The molecule has 0 heterocycles. The van der Waals surface area contributed by atoms with Gasteiger partial charge < -0.3 is 0 Å². The van der Waals surface area contributed by atoms with Gasteiger partial charge in [0.2, 0.25) is 0 Å². The van der Waals surface area contributed by atoms with E-state index in [1.54, 1.807) is 11.8 Å². The minimum atomic E-state index is 0.695.